The summed E-state index contributed by atoms with van der Waals surface area (Å²) in [6.07, 6.45) is 0.870. The van der Waals surface area contributed by atoms with E-state index in [2.05, 4.69) is 30.0 Å². The van der Waals surface area contributed by atoms with Crippen LogP contribution >= 0.6 is 0 Å². The summed E-state index contributed by atoms with van der Waals surface area (Å²) in [5.74, 6) is -0.251. The number of rotatable bonds is 8. The van der Waals surface area contributed by atoms with Crippen molar-refractivity contribution in [2.45, 2.75) is 20.3 Å². The van der Waals surface area contributed by atoms with Crippen molar-refractivity contribution in [1.82, 2.24) is 10.9 Å². The molecule has 3 rings (SSSR count). The molecule has 3 amide bonds. The smallest absolute Gasteiger partial charge is 0.273 e. The molecular weight excluding hydrogens is 418 g/mol. The fraction of sp³-hybridized carbons (Fsp3) is 0.192. The predicted octanol–water partition coefficient (Wildman–Crippen LogP) is 4.44. The zero-order valence-corrected chi connectivity index (χ0v) is 18.6. The summed E-state index contributed by atoms with van der Waals surface area (Å²) in [6.45, 7) is 4.70. The van der Waals surface area contributed by atoms with Crippen LogP contribution in [0.3, 0.4) is 0 Å². The van der Waals surface area contributed by atoms with Crippen LogP contribution in [0.25, 0.3) is 0 Å². The molecule has 0 saturated heterocycles. The molecule has 0 unspecified atom stereocenters. The highest BCUT2D eigenvalue weighted by Crippen LogP contribution is 2.18. The van der Waals surface area contributed by atoms with Gasteiger partial charge in [-0.2, -0.15) is 0 Å². The average molecular weight is 446 g/mol. The second kappa shape index (κ2) is 11.5. The zero-order valence-electron chi connectivity index (χ0n) is 18.6. The molecule has 0 spiro atoms. The van der Waals surface area contributed by atoms with E-state index in [0.717, 1.165) is 6.42 Å². The maximum absolute atomic E-state index is 12.6. The number of carbonyl (C=O) groups is 3. The van der Waals surface area contributed by atoms with Gasteiger partial charge in [0, 0.05) is 16.8 Å². The molecule has 0 aliphatic heterocycles. The van der Waals surface area contributed by atoms with Crippen LogP contribution in [0.4, 0.5) is 5.69 Å². The Kier molecular flexibility index (Phi) is 8.18. The number of para-hydroxylation sites is 1. The molecule has 170 valence electrons. The van der Waals surface area contributed by atoms with Crippen molar-refractivity contribution in [2.24, 2.45) is 5.92 Å². The molecule has 0 aliphatic rings. The summed E-state index contributed by atoms with van der Waals surface area (Å²) in [4.78, 5) is 37.2. The number of hydrogen-bond donors (Lipinski definition) is 3. The van der Waals surface area contributed by atoms with Crippen LogP contribution in [0.2, 0.25) is 0 Å². The van der Waals surface area contributed by atoms with E-state index in [9.17, 15) is 14.4 Å². The minimum atomic E-state index is -0.484. The first-order valence-corrected chi connectivity index (χ1v) is 10.7. The summed E-state index contributed by atoms with van der Waals surface area (Å²) < 4.78 is 5.73. The Morgan fingerprint density at radius 2 is 1.33 bits per heavy atom. The quantitative estimate of drug-likeness (QED) is 0.447. The van der Waals surface area contributed by atoms with Crippen molar-refractivity contribution >= 4 is 23.4 Å². The van der Waals surface area contributed by atoms with Gasteiger partial charge < -0.3 is 10.1 Å². The summed E-state index contributed by atoms with van der Waals surface area (Å²) in [5.41, 5.74) is 6.57. The molecule has 3 aromatic rings. The first kappa shape index (κ1) is 23.5. The van der Waals surface area contributed by atoms with Crippen LogP contribution in [-0.2, 0) is 0 Å². The minimum absolute atomic E-state index is 0.241. The highest BCUT2D eigenvalue weighted by molar-refractivity contribution is 6.04. The Hall–Kier alpha value is -4.13. The largest absolute Gasteiger partial charge is 0.493 e. The van der Waals surface area contributed by atoms with Crippen molar-refractivity contribution in [1.29, 1.82) is 0 Å². The van der Waals surface area contributed by atoms with Crippen molar-refractivity contribution < 1.29 is 19.1 Å². The van der Waals surface area contributed by atoms with Gasteiger partial charge in [0.25, 0.3) is 17.7 Å². The molecular formula is C26H27N3O4. The normalized spacial score (nSPS) is 10.4. The number of ether oxygens (including phenoxy) is 1. The highest BCUT2D eigenvalue weighted by Gasteiger charge is 2.14. The Balaban J connectivity index is 1.54. The number of hydrogen-bond acceptors (Lipinski definition) is 4. The van der Waals surface area contributed by atoms with E-state index >= 15 is 0 Å². The maximum Gasteiger partial charge on any atom is 0.273 e. The lowest BCUT2D eigenvalue weighted by Crippen LogP contribution is -2.41. The predicted molar refractivity (Wildman–Crippen MR) is 127 cm³/mol. The van der Waals surface area contributed by atoms with Gasteiger partial charge in [-0.1, -0.05) is 44.2 Å². The zero-order chi connectivity index (χ0) is 23.6. The molecule has 3 N–H and O–H groups in total. The van der Waals surface area contributed by atoms with Crippen molar-refractivity contribution in [3.63, 3.8) is 0 Å². The van der Waals surface area contributed by atoms with Gasteiger partial charge in [-0.25, -0.2) is 0 Å². The molecule has 0 aliphatic carbocycles. The molecule has 0 fully saturated rings. The van der Waals surface area contributed by atoms with E-state index < -0.39 is 11.8 Å². The standard InChI is InChI=1S/C26H27N3O4/c1-18(2)16-17-33-23-11-7-6-10-22(23)26(32)29-28-25(31)20-12-14-21(15-13-20)27-24(30)19-8-4-3-5-9-19/h3-15,18H,16-17H2,1-2H3,(H,27,30)(H,28,31)(H,29,32). The van der Waals surface area contributed by atoms with E-state index in [1.807, 2.05) is 6.07 Å². The lowest BCUT2D eigenvalue weighted by atomic mass is 10.1. The van der Waals surface area contributed by atoms with E-state index in [1.165, 1.54) is 0 Å². The highest BCUT2D eigenvalue weighted by atomic mass is 16.5. The first-order valence-electron chi connectivity index (χ1n) is 10.7. The second-order valence-electron chi connectivity index (χ2n) is 7.83. The van der Waals surface area contributed by atoms with Gasteiger partial charge >= 0.3 is 0 Å². The molecule has 3 aromatic carbocycles. The lowest BCUT2D eigenvalue weighted by Gasteiger charge is -2.13. The average Bonchev–Trinajstić information content (AvgIpc) is 2.83. The third-order valence-corrected chi connectivity index (χ3v) is 4.81. The lowest BCUT2D eigenvalue weighted by molar-refractivity contribution is 0.0844. The van der Waals surface area contributed by atoms with Gasteiger partial charge in [-0.05, 0) is 60.9 Å². The first-order chi connectivity index (χ1) is 15.9. The topological polar surface area (TPSA) is 96.5 Å². The molecule has 0 atom stereocenters. The molecule has 0 radical (unpaired) electrons. The summed E-state index contributed by atoms with van der Waals surface area (Å²) in [6, 6.07) is 22.1. The van der Waals surface area contributed by atoms with E-state index in [-0.39, 0.29) is 5.91 Å². The van der Waals surface area contributed by atoms with Crippen LogP contribution in [-0.4, -0.2) is 24.3 Å². The van der Waals surface area contributed by atoms with Gasteiger partial charge in [0.05, 0.1) is 12.2 Å². The number of benzene rings is 3. The molecule has 7 heteroatoms. The van der Waals surface area contributed by atoms with Crippen molar-refractivity contribution in [2.75, 3.05) is 11.9 Å². The van der Waals surface area contributed by atoms with Crippen LogP contribution in [0, 0.1) is 5.92 Å². The number of anilines is 1. The number of amides is 3. The fourth-order valence-corrected chi connectivity index (χ4v) is 2.94. The Labute approximate surface area is 193 Å². The van der Waals surface area contributed by atoms with Crippen LogP contribution in [0.15, 0.2) is 78.9 Å². The molecule has 0 saturated carbocycles. The van der Waals surface area contributed by atoms with Crippen LogP contribution in [0.5, 0.6) is 5.75 Å². The van der Waals surface area contributed by atoms with Crippen LogP contribution < -0.4 is 20.9 Å². The van der Waals surface area contributed by atoms with Crippen LogP contribution in [0.1, 0.15) is 51.3 Å². The molecule has 33 heavy (non-hydrogen) atoms. The van der Waals surface area contributed by atoms with Crippen molar-refractivity contribution in [3.8, 4) is 5.75 Å². The van der Waals surface area contributed by atoms with Gasteiger partial charge in [-0.3, -0.25) is 25.2 Å². The number of nitrogens with one attached hydrogen (secondary N) is 3. The van der Waals surface area contributed by atoms with E-state index in [0.29, 0.717) is 40.7 Å². The van der Waals surface area contributed by atoms with E-state index in [1.54, 1.807) is 72.8 Å². The van der Waals surface area contributed by atoms with Crippen molar-refractivity contribution in [3.05, 3.63) is 95.6 Å². The second-order valence-corrected chi connectivity index (χ2v) is 7.83. The number of hydrazine groups is 1. The molecule has 0 aromatic heterocycles. The van der Waals surface area contributed by atoms with Gasteiger partial charge in [-0.15, -0.1) is 0 Å². The molecule has 0 bridgehead atoms. The Morgan fingerprint density at radius 1 is 0.727 bits per heavy atom. The monoisotopic (exact) mass is 445 g/mol. The van der Waals surface area contributed by atoms with Gasteiger partial charge in [0.15, 0.2) is 0 Å². The van der Waals surface area contributed by atoms with Gasteiger partial charge in [0.2, 0.25) is 0 Å². The fourth-order valence-electron chi connectivity index (χ4n) is 2.94. The summed E-state index contributed by atoms with van der Waals surface area (Å²) in [7, 11) is 0. The Bertz CT molecular complexity index is 1100. The maximum atomic E-state index is 12.6. The van der Waals surface area contributed by atoms with Gasteiger partial charge in [0.1, 0.15) is 5.75 Å². The van der Waals surface area contributed by atoms with E-state index in [4.69, 9.17) is 4.74 Å². The Morgan fingerprint density at radius 3 is 2.03 bits per heavy atom. The summed E-state index contributed by atoms with van der Waals surface area (Å²) >= 11 is 0. The molecule has 0 heterocycles. The minimum Gasteiger partial charge on any atom is -0.493 e. The third-order valence-electron chi connectivity index (χ3n) is 4.81. The number of carbonyl (C=O) groups excluding carboxylic acids is 3. The SMILES string of the molecule is CC(C)CCOc1ccccc1C(=O)NNC(=O)c1ccc(NC(=O)c2ccccc2)cc1. The molecule has 7 nitrogen and oxygen atoms in total. The third kappa shape index (κ3) is 6.93. The summed E-state index contributed by atoms with van der Waals surface area (Å²) in [5, 5.41) is 2.77.